The first-order chi connectivity index (χ1) is 11.6. The Labute approximate surface area is 139 Å². The summed E-state index contributed by atoms with van der Waals surface area (Å²) in [4.78, 5) is 12.0. The van der Waals surface area contributed by atoms with Crippen LogP contribution in [0, 0.1) is 5.82 Å². The molecular formula is C18H17FN4O. The third-order valence-electron chi connectivity index (χ3n) is 3.53. The van der Waals surface area contributed by atoms with Gasteiger partial charge < -0.3 is 5.32 Å². The van der Waals surface area contributed by atoms with Crippen molar-refractivity contribution in [2.24, 2.45) is 7.05 Å². The molecule has 0 aliphatic carbocycles. The number of amides is 2. The highest BCUT2D eigenvalue weighted by atomic mass is 19.1. The molecule has 0 fully saturated rings. The Bertz CT molecular complexity index is 845. The van der Waals surface area contributed by atoms with Crippen LogP contribution in [0.25, 0.3) is 11.3 Å². The number of nitrogens with zero attached hydrogens (tertiary/aromatic N) is 2. The second kappa shape index (κ2) is 6.95. The van der Waals surface area contributed by atoms with Crippen LogP contribution in [0.3, 0.4) is 0 Å². The fourth-order valence-electron chi connectivity index (χ4n) is 2.40. The third kappa shape index (κ3) is 3.78. The summed E-state index contributed by atoms with van der Waals surface area (Å²) in [6.45, 7) is 0.238. The first-order valence-electron chi connectivity index (χ1n) is 7.50. The lowest BCUT2D eigenvalue weighted by Crippen LogP contribution is -2.28. The zero-order valence-corrected chi connectivity index (χ0v) is 13.2. The van der Waals surface area contributed by atoms with Gasteiger partial charge in [0.2, 0.25) is 0 Å². The van der Waals surface area contributed by atoms with Crippen LogP contribution >= 0.6 is 0 Å². The molecule has 24 heavy (non-hydrogen) atoms. The van der Waals surface area contributed by atoms with Crippen molar-refractivity contribution >= 4 is 11.8 Å². The van der Waals surface area contributed by atoms with E-state index < -0.39 is 6.03 Å². The number of carbonyl (C=O) groups excluding carboxylic acids is 1. The van der Waals surface area contributed by atoms with Crippen LogP contribution in [0.1, 0.15) is 5.56 Å². The minimum absolute atomic E-state index is 0.238. The first-order valence-corrected chi connectivity index (χ1v) is 7.50. The van der Waals surface area contributed by atoms with Crippen molar-refractivity contribution in [1.82, 2.24) is 15.1 Å². The fourth-order valence-corrected chi connectivity index (χ4v) is 2.40. The molecular weight excluding hydrogens is 307 g/mol. The van der Waals surface area contributed by atoms with Crippen LogP contribution in [0.15, 0.2) is 60.7 Å². The predicted molar refractivity (Wildman–Crippen MR) is 90.9 cm³/mol. The molecule has 3 aromatic rings. The highest BCUT2D eigenvalue weighted by molar-refractivity contribution is 5.88. The maximum atomic E-state index is 13.1. The van der Waals surface area contributed by atoms with Gasteiger partial charge in [-0.25, -0.2) is 9.18 Å². The molecule has 2 N–H and O–H groups in total. The molecule has 122 valence electrons. The minimum Gasteiger partial charge on any atom is -0.334 e. The van der Waals surface area contributed by atoms with Crippen LogP contribution < -0.4 is 10.6 Å². The highest BCUT2D eigenvalue weighted by Gasteiger charge is 2.09. The lowest BCUT2D eigenvalue weighted by Gasteiger charge is -2.05. The number of urea groups is 1. The number of hydrogen-bond donors (Lipinski definition) is 2. The smallest absolute Gasteiger partial charge is 0.320 e. The van der Waals surface area contributed by atoms with E-state index in [2.05, 4.69) is 15.7 Å². The molecule has 0 spiro atoms. The molecule has 0 atom stereocenters. The number of anilines is 1. The van der Waals surface area contributed by atoms with Crippen LogP contribution in [-0.2, 0) is 13.6 Å². The maximum absolute atomic E-state index is 13.1. The Balaban J connectivity index is 1.63. The van der Waals surface area contributed by atoms with Crippen LogP contribution in [-0.4, -0.2) is 15.8 Å². The number of aromatic nitrogens is 2. The van der Waals surface area contributed by atoms with Crippen molar-refractivity contribution in [2.75, 3.05) is 5.32 Å². The van der Waals surface area contributed by atoms with Crippen LogP contribution in [0.2, 0.25) is 0 Å². The Hall–Kier alpha value is -3.15. The third-order valence-corrected chi connectivity index (χ3v) is 3.53. The van der Waals surface area contributed by atoms with Crippen molar-refractivity contribution in [1.29, 1.82) is 0 Å². The number of halogens is 1. The van der Waals surface area contributed by atoms with E-state index in [9.17, 15) is 9.18 Å². The van der Waals surface area contributed by atoms with Gasteiger partial charge in [0.1, 0.15) is 5.82 Å². The zero-order valence-electron chi connectivity index (χ0n) is 13.2. The molecule has 6 heteroatoms. The summed E-state index contributed by atoms with van der Waals surface area (Å²) in [5, 5.41) is 9.64. The van der Waals surface area contributed by atoms with Gasteiger partial charge in [-0.15, -0.1) is 0 Å². The lowest BCUT2D eigenvalue weighted by molar-refractivity contribution is 0.251. The Morgan fingerprint density at radius 1 is 1.12 bits per heavy atom. The van der Waals surface area contributed by atoms with E-state index in [1.54, 1.807) is 22.9 Å². The molecule has 1 aromatic heterocycles. The molecule has 2 aromatic carbocycles. The Kier molecular flexibility index (Phi) is 4.56. The van der Waals surface area contributed by atoms with Gasteiger partial charge >= 0.3 is 6.03 Å². The van der Waals surface area contributed by atoms with E-state index in [1.807, 2.05) is 37.4 Å². The SMILES string of the molecule is Cn1nc(NC(=O)NCc2cccc(F)c2)cc1-c1ccccc1. The van der Waals surface area contributed by atoms with Gasteiger partial charge in [-0.05, 0) is 23.3 Å². The summed E-state index contributed by atoms with van der Waals surface area (Å²) in [6.07, 6.45) is 0. The maximum Gasteiger partial charge on any atom is 0.320 e. The van der Waals surface area contributed by atoms with Crippen LogP contribution in [0.5, 0.6) is 0 Å². The molecule has 0 saturated heterocycles. The van der Waals surface area contributed by atoms with E-state index in [1.165, 1.54) is 12.1 Å². The topological polar surface area (TPSA) is 59.0 Å². The Morgan fingerprint density at radius 3 is 2.67 bits per heavy atom. The van der Waals surface area contributed by atoms with Gasteiger partial charge in [0.25, 0.3) is 0 Å². The van der Waals surface area contributed by atoms with Gasteiger partial charge in [-0.1, -0.05) is 42.5 Å². The second-order valence-electron chi connectivity index (χ2n) is 5.34. The van der Waals surface area contributed by atoms with Crippen molar-refractivity contribution in [3.8, 4) is 11.3 Å². The van der Waals surface area contributed by atoms with Gasteiger partial charge in [0.05, 0.1) is 5.69 Å². The van der Waals surface area contributed by atoms with Gasteiger partial charge in [-0.2, -0.15) is 5.10 Å². The summed E-state index contributed by atoms with van der Waals surface area (Å²) >= 11 is 0. The highest BCUT2D eigenvalue weighted by Crippen LogP contribution is 2.21. The second-order valence-corrected chi connectivity index (χ2v) is 5.34. The largest absolute Gasteiger partial charge is 0.334 e. The summed E-state index contributed by atoms with van der Waals surface area (Å²) in [6, 6.07) is 17.3. The van der Waals surface area contributed by atoms with E-state index in [0.29, 0.717) is 11.4 Å². The van der Waals surface area contributed by atoms with Gasteiger partial charge in [0.15, 0.2) is 5.82 Å². The van der Waals surface area contributed by atoms with Crippen molar-refractivity contribution in [3.63, 3.8) is 0 Å². The molecule has 0 aliphatic heterocycles. The van der Waals surface area contributed by atoms with E-state index in [4.69, 9.17) is 0 Å². The average molecular weight is 324 g/mol. The number of rotatable bonds is 4. The molecule has 0 radical (unpaired) electrons. The monoisotopic (exact) mass is 324 g/mol. The Morgan fingerprint density at radius 2 is 1.92 bits per heavy atom. The van der Waals surface area contributed by atoms with Crippen molar-refractivity contribution in [3.05, 3.63) is 72.0 Å². The standard InChI is InChI=1S/C18H17FN4O/c1-23-16(14-7-3-2-4-8-14)11-17(22-23)21-18(24)20-12-13-6-5-9-15(19)10-13/h2-11H,12H2,1H3,(H2,20,21,22,24). The molecule has 0 aliphatic rings. The lowest BCUT2D eigenvalue weighted by atomic mass is 10.1. The summed E-state index contributed by atoms with van der Waals surface area (Å²) in [5.74, 6) is 0.125. The molecule has 0 saturated carbocycles. The average Bonchev–Trinajstić information content (AvgIpc) is 2.94. The van der Waals surface area contributed by atoms with E-state index in [0.717, 1.165) is 11.3 Å². The summed E-state index contributed by atoms with van der Waals surface area (Å²) in [5.41, 5.74) is 2.60. The number of hydrogen-bond acceptors (Lipinski definition) is 2. The van der Waals surface area contributed by atoms with E-state index >= 15 is 0 Å². The van der Waals surface area contributed by atoms with Crippen molar-refractivity contribution in [2.45, 2.75) is 6.54 Å². The molecule has 2 amide bonds. The molecule has 0 unspecified atom stereocenters. The minimum atomic E-state index is -0.392. The zero-order chi connectivity index (χ0) is 16.9. The molecule has 0 bridgehead atoms. The summed E-state index contributed by atoms with van der Waals surface area (Å²) < 4.78 is 14.8. The number of aryl methyl sites for hydroxylation is 1. The summed E-state index contributed by atoms with van der Waals surface area (Å²) in [7, 11) is 1.82. The first kappa shape index (κ1) is 15.7. The van der Waals surface area contributed by atoms with Crippen LogP contribution in [0.4, 0.5) is 15.0 Å². The normalized spacial score (nSPS) is 10.4. The van der Waals surface area contributed by atoms with Gasteiger partial charge in [0, 0.05) is 19.7 Å². The molecule has 3 rings (SSSR count). The van der Waals surface area contributed by atoms with Gasteiger partial charge in [-0.3, -0.25) is 10.00 Å². The fraction of sp³-hybridized carbons (Fsp3) is 0.111. The van der Waals surface area contributed by atoms with E-state index in [-0.39, 0.29) is 12.4 Å². The predicted octanol–water partition coefficient (Wildman–Crippen LogP) is 3.55. The number of carbonyl (C=O) groups is 1. The van der Waals surface area contributed by atoms with Crippen molar-refractivity contribution < 1.29 is 9.18 Å². The quantitative estimate of drug-likeness (QED) is 0.771. The molecule has 5 nitrogen and oxygen atoms in total. The number of benzene rings is 2. The number of nitrogens with one attached hydrogen (secondary N) is 2. The molecule has 1 heterocycles.